The number of pyridine rings is 1. The van der Waals surface area contributed by atoms with Crippen molar-refractivity contribution in [1.82, 2.24) is 4.98 Å². The van der Waals surface area contributed by atoms with Crippen molar-refractivity contribution in [2.24, 2.45) is 5.14 Å². The Morgan fingerprint density at radius 1 is 1.39 bits per heavy atom. The van der Waals surface area contributed by atoms with Crippen molar-refractivity contribution in [2.45, 2.75) is 11.3 Å². The maximum absolute atomic E-state index is 12.0. The predicted molar refractivity (Wildman–Crippen MR) is 51.7 cm³/mol. The molecular weight excluding hydrogens is 281 g/mol. The quantitative estimate of drug-likeness (QED) is 0.808. The number of hydrogen-bond donors (Lipinski definition) is 2. The van der Waals surface area contributed by atoms with E-state index in [-0.39, 0.29) is 0 Å². The van der Waals surface area contributed by atoms with Crippen molar-refractivity contribution < 1.29 is 31.1 Å². The summed E-state index contributed by atoms with van der Waals surface area (Å²) in [6, 6.07) is 0.537. The van der Waals surface area contributed by atoms with Gasteiger partial charge >= 0.3 is 6.36 Å². The molecule has 0 aromatic carbocycles. The average molecular weight is 288 g/mol. The molecule has 3 N–H and O–H groups in total. The number of nitrogens with one attached hydrogen (secondary N) is 1. The summed E-state index contributed by atoms with van der Waals surface area (Å²) in [6.45, 7) is 0. The molecule has 0 fully saturated rings. The number of aromatic amines is 1. The third-order valence-electron chi connectivity index (χ3n) is 1.68. The van der Waals surface area contributed by atoms with Crippen LogP contribution in [0.15, 0.2) is 15.8 Å². The van der Waals surface area contributed by atoms with Crippen molar-refractivity contribution in [3.8, 4) is 11.6 Å². The molecule has 0 saturated heterocycles. The van der Waals surface area contributed by atoms with Crippen molar-refractivity contribution in [2.75, 3.05) is 7.11 Å². The van der Waals surface area contributed by atoms with Crippen LogP contribution in [-0.4, -0.2) is 26.9 Å². The van der Waals surface area contributed by atoms with Gasteiger partial charge in [-0.15, -0.1) is 13.2 Å². The van der Waals surface area contributed by atoms with Crippen LogP contribution < -0.4 is 20.2 Å². The third kappa shape index (κ3) is 3.37. The van der Waals surface area contributed by atoms with Crippen LogP contribution in [0.2, 0.25) is 0 Å². The fraction of sp³-hybridized carbons (Fsp3) is 0.286. The molecule has 0 bridgehead atoms. The second-order valence-electron chi connectivity index (χ2n) is 2.95. The number of ether oxygens (including phenoxy) is 2. The molecule has 7 nitrogen and oxygen atoms in total. The minimum Gasteiger partial charge on any atom is -0.491 e. The van der Waals surface area contributed by atoms with Gasteiger partial charge in [0, 0.05) is 6.07 Å². The van der Waals surface area contributed by atoms with Crippen LogP contribution in [-0.2, 0) is 10.0 Å². The predicted octanol–water partition coefficient (Wildman–Crippen LogP) is -0.0705. The number of hydrogen-bond acceptors (Lipinski definition) is 5. The molecule has 0 spiro atoms. The number of primary sulfonamides is 1. The van der Waals surface area contributed by atoms with Crippen molar-refractivity contribution in [1.29, 1.82) is 0 Å². The van der Waals surface area contributed by atoms with Crippen LogP contribution in [0.3, 0.4) is 0 Å². The Bertz CT molecular complexity index is 606. The van der Waals surface area contributed by atoms with Gasteiger partial charge in [-0.2, -0.15) is 0 Å². The first kappa shape index (κ1) is 14.3. The van der Waals surface area contributed by atoms with E-state index in [1.807, 2.05) is 0 Å². The van der Waals surface area contributed by atoms with Gasteiger partial charge in [0.1, 0.15) is 4.90 Å². The molecule has 0 aliphatic carbocycles. The van der Waals surface area contributed by atoms with Crippen molar-refractivity contribution >= 4 is 10.0 Å². The molecule has 1 heterocycles. The second kappa shape index (κ2) is 4.49. The summed E-state index contributed by atoms with van der Waals surface area (Å²) in [5, 5.41) is 4.70. The minimum atomic E-state index is -5.18. The highest BCUT2D eigenvalue weighted by Gasteiger charge is 2.34. The van der Waals surface area contributed by atoms with Crippen LogP contribution in [0.1, 0.15) is 0 Å². The number of methoxy groups -OCH3 is 1. The van der Waals surface area contributed by atoms with Gasteiger partial charge in [-0.1, -0.05) is 0 Å². The third-order valence-corrected chi connectivity index (χ3v) is 2.60. The zero-order valence-corrected chi connectivity index (χ0v) is 9.55. The highest BCUT2D eigenvalue weighted by atomic mass is 32.2. The van der Waals surface area contributed by atoms with E-state index >= 15 is 0 Å². The highest BCUT2D eigenvalue weighted by Crippen LogP contribution is 2.27. The van der Waals surface area contributed by atoms with E-state index in [1.54, 1.807) is 4.98 Å². The summed E-state index contributed by atoms with van der Waals surface area (Å²) in [5.41, 5.74) is -1.09. The molecule has 1 aromatic heterocycles. The average Bonchev–Trinajstić information content (AvgIpc) is 2.13. The van der Waals surface area contributed by atoms with Gasteiger partial charge in [0.15, 0.2) is 5.75 Å². The molecule has 0 aliphatic rings. The van der Waals surface area contributed by atoms with Crippen LogP contribution >= 0.6 is 0 Å². The lowest BCUT2D eigenvalue weighted by Gasteiger charge is -2.12. The molecule has 0 atom stereocenters. The Kier molecular flexibility index (Phi) is 3.57. The molecule has 1 rings (SSSR count). The lowest BCUT2D eigenvalue weighted by atomic mass is 10.4. The molecule has 0 saturated carbocycles. The van der Waals surface area contributed by atoms with E-state index in [1.165, 1.54) is 0 Å². The van der Waals surface area contributed by atoms with E-state index < -0.39 is 38.5 Å². The molecule has 0 aliphatic heterocycles. The van der Waals surface area contributed by atoms with E-state index in [4.69, 9.17) is 5.14 Å². The number of rotatable bonds is 3. The van der Waals surface area contributed by atoms with Crippen LogP contribution in [0.4, 0.5) is 13.2 Å². The summed E-state index contributed by atoms with van der Waals surface area (Å²) < 4.78 is 66.0. The Labute approximate surface area is 98.4 Å². The fourth-order valence-electron chi connectivity index (χ4n) is 1.03. The summed E-state index contributed by atoms with van der Waals surface area (Å²) in [7, 11) is -3.50. The Morgan fingerprint density at radius 2 is 1.94 bits per heavy atom. The summed E-state index contributed by atoms with van der Waals surface area (Å²) >= 11 is 0. The van der Waals surface area contributed by atoms with E-state index in [0.29, 0.717) is 6.07 Å². The smallest absolute Gasteiger partial charge is 0.491 e. The minimum absolute atomic E-state index is 0.520. The number of aromatic nitrogens is 1. The zero-order chi connectivity index (χ0) is 14.1. The maximum Gasteiger partial charge on any atom is 0.574 e. The standard InChI is InChI=1S/C7H7F3N2O5S/c1-16-3-2-4(18(11,14)15)6(12-5(3)13)17-7(8,9)10/h2H,1H3,(H,12,13)(H2,11,14,15). The highest BCUT2D eigenvalue weighted by molar-refractivity contribution is 7.89. The molecule has 0 radical (unpaired) electrons. The van der Waals surface area contributed by atoms with Gasteiger partial charge in [-0.05, 0) is 0 Å². The molecule has 0 amide bonds. The van der Waals surface area contributed by atoms with E-state index in [2.05, 4.69) is 9.47 Å². The first-order chi connectivity index (χ1) is 8.04. The number of halogens is 3. The normalized spacial score (nSPS) is 12.3. The van der Waals surface area contributed by atoms with Gasteiger partial charge in [0.2, 0.25) is 15.9 Å². The first-order valence-corrected chi connectivity index (χ1v) is 5.69. The van der Waals surface area contributed by atoms with Crippen LogP contribution in [0.25, 0.3) is 0 Å². The number of sulfonamides is 1. The molecule has 0 unspecified atom stereocenters. The lowest BCUT2D eigenvalue weighted by Crippen LogP contribution is -2.24. The number of H-pyrrole nitrogens is 1. The van der Waals surface area contributed by atoms with Gasteiger partial charge in [-0.25, -0.2) is 13.6 Å². The zero-order valence-electron chi connectivity index (χ0n) is 8.74. The van der Waals surface area contributed by atoms with Crippen LogP contribution in [0.5, 0.6) is 11.6 Å². The Morgan fingerprint density at radius 3 is 2.33 bits per heavy atom. The van der Waals surface area contributed by atoms with Gasteiger partial charge in [-0.3, -0.25) is 9.78 Å². The van der Waals surface area contributed by atoms with E-state index in [0.717, 1.165) is 7.11 Å². The van der Waals surface area contributed by atoms with Crippen molar-refractivity contribution in [3.05, 3.63) is 16.4 Å². The topological polar surface area (TPSA) is 111 Å². The lowest BCUT2D eigenvalue weighted by molar-refractivity contribution is -0.277. The number of nitrogens with two attached hydrogens (primary N) is 1. The van der Waals surface area contributed by atoms with E-state index in [9.17, 15) is 26.4 Å². The van der Waals surface area contributed by atoms with Crippen molar-refractivity contribution in [3.63, 3.8) is 0 Å². The van der Waals surface area contributed by atoms with Gasteiger partial charge in [0.05, 0.1) is 7.11 Å². The van der Waals surface area contributed by atoms with Gasteiger partial charge in [0.25, 0.3) is 5.56 Å². The monoisotopic (exact) mass is 288 g/mol. The molecule has 11 heteroatoms. The number of alkyl halides is 3. The van der Waals surface area contributed by atoms with Gasteiger partial charge < -0.3 is 9.47 Å². The molecule has 102 valence electrons. The fourth-order valence-corrected chi connectivity index (χ4v) is 1.65. The van der Waals surface area contributed by atoms with Crippen LogP contribution in [0, 0.1) is 0 Å². The molecule has 1 aromatic rings. The summed E-state index contributed by atoms with van der Waals surface area (Å²) in [6.07, 6.45) is -5.18. The SMILES string of the molecule is COc1cc(S(N)(=O)=O)c(OC(F)(F)F)[nH]c1=O. The summed E-state index contributed by atoms with van der Waals surface area (Å²) in [5.74, 6) is -1.84. The Hall–Kier alpha value is -1.75. The first-order valence-electron chi connectivity index (χ1n) is 4.14. The Balaban J connectivity index is 3.50. The largest absolute Gasteiger partial charge is 0.574 e. The second-order valence-corrected chi connectivity index (χ2v) is 4.48. The maximum atomic E-state index is 12.0. The summed E-state index contributed by atoms with van der Waals surface area (Å²) in [4.78, 5) is 11.7. The molecule has 18 heavy (non-hydrogen) atoms. The molecular formula is C7H7F3N2O5S.